The molecule has 0 bridgehead atoms. The number of fused-ring (bicyclic) bond motifs is 4. The number of rotatable bonds is 5. The highest BCUT2D eigenvalue weighted by Gasteiger charge is 2.52. The molecule has 0 saturated carbocycles. The van der Waals surface area contributed by atoms with Crippen LogP contribution in [0.4, 0.5) is 9.18 Å². The van der Waals surface area contributed by atoms with Gasteiger partial charge in [0.05, 0.1) is 0 Å². The quantitative estimate of drug-likeness (QED) is 0.602. The molecule has 3 amide bonds. The lowest BCUT2D eigenvalue weighted by atomic mass is 9.89. The first-order valence-electron chi connectivity index (χ1n) is 10.7. The molecule has 3 heterocycles. The number of amides is 3. The fourth-order valence-corrected chi connectivity index (χ4v) is 4.94. The van der Waals surface area contributed by atoms with Crippen molar-refractivity contribution < 1.29 is 19.1 Å². The third kappa shape index (κ3) is 3.22. The molecule has 3 aromatic rings. The average molecular weight is 436 g/mol. The van der Waals surface area contributed by atoms with Crippen molar-refractivity contribution in [2.24, 2.45) is 0 Å². The van der Waals surface area contributed by atoms with Crippen molar-refractivity contribution in [3.05, 3.63) is 65.1 Å². The summed E-state index contributed by atoms with van der Waals surface area (Å²) in [5, 5.41) is 10.8. The van der Waals surface area contributed by atoms with Crippen LogP contribution in [0, 0.1) is 5.82 Å². The van der Waals surface area contributed by atoms with E-state index in [2.05, 4.69) is 4.98 Å². The molecule has 2 N–H and O–H groups in total. The van der Waals surface area contributed by atoms with Gasteiger partial charge in [-0.15, -0.1) is 0 Å². The van der Waals surface area contributed by atoms with E-state index in [4.69, 9.17) is 0 Å². The number of aromatic nitrogens is 1. The molecule has 2 aromatic carbocycles. The maximum atomic E-state index is 14.0. The summed E-state index contributed by atoms with van der Waals surface area (Å²) in [6.07, 6.45) is 1.00. The van der Waals surface area contributed by atoms with Crippen LogP contribution in [0.1, 0.15) is 29.3 Å². The van der Waals surface area contributed by atoms with E-state index in [1.807, 2.05) is 25.1 Å². The van der Waals surface area contributed by atoms with Crippen LogP contribution < -0.4 is 0 Å². The molecule has 1 fully saturated rings. The van der Waals surface area contributed by atoms with Crippen LogP contribution in [0.25, 0.3) is 10.9 Å². The van der Waals surface area contributed by atoms with Crippen LogP contribution in [0.15, 0.2) is 42.5 Å². The summed E-state index contributed by atoms with van der Waals surface area (Å²) in [6.45, 7) is 1.11. The number of carbonyl (C=O) groups excluding carboxylic acids is 2. The summed E-state index contributed by atoms with van der Waals surface area (Å²) in [5.41, 5.74) is 3.04. The fraction of sp³-hybridized carbons (Fsp3) is 0.333. The maximum absolute atomic E-state index is 14.0. The molecule has 2 atom stereocenters. The number of H-pyrrole nitrogens is 1. The number of nitrogens with zero attached hydrogens (tertiary/aromatic N) is 3. The standard InChI is InChI=1S/C24H25FN4O3/c1-27(2)9-4-10-28-23(31)20-13-18-17-12-15(25)7-8-19(17)26-21(18)22(29(20)24(28)32)14-5-3-6-16(30)11-14/h3,5-8,11-12,20,22,26,30H,4,9-10,13H2,1-2H3. The first-order chi connectivity index (χ1) is 15.3. The van der Waals surface area contributed by atoms with Gasteiger partial charge in [-0.2, -0.15) is 0 Å². The Balaban J connectivity index is 1.62. The zero-order chi connectivity index (χ0) is 22.6. The van der Waals surface area contributed by atoms with E-state index in [1.54, 1.807) is 29.2 Å². The van der Waals surface area contributed by atoms with E-state index in [1.165, 1.54) is 17.0 Å². The zero-order valence-corrected chi connectivity index (χ0v) is 18.0. The number of aromatic hydroxyl groups is 1. The number of aromatic amines is 1. The topological polar surface area (TPSA) is 79.9 Å². The lowest BCUT2D eigenvalue weighted by molar-refractivity contribution is -0.128. The molecule has 32 heavy (non-hydrogen) atoms. The third-order valence-electron chi connectivity index (χ3n) is 6.36. The van der Waals surface area contributed by atoms with Gasteiger partial charge in [-0.1, -0.05) is 12.1 Å². The molecule has 166 valence electrons. The summed E-state index contributed by atoms with van der Waals surface area (Å²) in [6, 6.07) is 9.67. The number of hydrogen-bond donors (Lipinski definition) is 2. The van der Waals surface area contributed by atoms with E-state index >= 15 is 0 Å². The Labute approximate surface area is 185 Å². The van der Waals surface area contributed by atoms with Gasteiger partial charge in [-0.3, -0.25) is 14.6 Å². The second-order valence-electron chi connectivity index (χ2n) is 8.76. The van der Waals surface area contributed by atoms with Gasteiger partial charge in [0.1, 0.15) is 23.7 Å². The highest BCUT2D eigenvalue weighted by Crippen LogP contribution is 2.44. The predicted octanol–water partition coefficient (Wildman–Crippen LogP) is 3.24. The molecule has 2 aliphatic heterocycles. The second kappa shape index (κ2) is 7.63. The van der Waals surface area contributed by atoms with Gasteiger partial charge in [-0.05, 0) is 68.5 Å². The van der Waals surface area contributed by atoms with Crippen molar-refractivity contribution >= 4 is 22.8 Å². The summed E-state index contributed by atoms with van der Waals surface area (Å²) >= 11 is 0. The minimum atomic E-state index is -0.663. The number of urea groups is 1. The monoisotopic (exact) mass is 436 g/mol. The van der Waals surface area contributed by atoms with Crippen LogP contribution >= 0.6 is 0 Å². The Hall–Kier alpha value is -3.39. The number of benzene rings is 2. The molecular formula is C24H25FN4O3. The van der Waals surface area contributed by atoms with Crippen molar-refractivity contribution in [1.82, 2.24) is 19.7 Å². The zero-order valence-electron chi connectivity index (χ0n) is 18.0. The third-order valence-corrected chi connectivity index (χ3v) is 6.36. The average Bonchev–Trinajstić information content (AvgIpc) is 3.22. The summed E-state index contributed by atoms with van der Waals surface area (Å²) < 4.78 is 14.0. The molecule has 5 rings (SSSR count). The Morgan fingerprint density at radius 2 is 2.00 bits per heavy atom. The molecular weight excluding hydrogens is 411 g/mol. The number of halogens is 1. The number of phenols is 1. The van der Waals surface area contributed by atoms with Crippen LogP contribution in [0.5, 0.6) is 5.75 Å². The minimum absolute atomic E-state index is 0.0779. The molecule has 0 spiro atoms. The van der Waals surface area contributed by atoms with E-state index in [9.17, 15) is 19.1 Å². The van der Waals surface area contributed by atoms with Crippen LogP contribution in [-0.2, 0) is 11.2 Å². The summed E-state index contributed by atoms with van der Waals surface area (Å²) in [7, 11) is 3.90. The van der Waals surface area contributed by atoms with Gasteiger partial charge in [-0.25, -0.2) is 9.18 Å². The first kappa shape index (κ1) is 20.5. The summed E-state index contributed by atoms with van der Waals surface area (Å²) in [4.78, 5) is 35.1. The van der Waals surface area contributed by atoms with Gasteiger partial charge in [0.25, 0.3) is 5.91 Å². The molecule has 1 aromatic heterocycles. The number of carbonyl (C=O) groups is 2. The SMILES string of the molecule is CN(C)CCCN1C(=O)C2Cc3c([nH]c4ccc(F)cc34)C(c3cccc(O)c3)N2C1=O. The predicted molar refractivity (Wildman–Crippen MR) is 118 cm³/mol. The fourth-order valence-electron chi connectivity index (χ4n) is 4.94. The molecule has 8 heteroatoms. The maximum Gasteiger partial charge on any atom is 0.328 e. The van der Waals surface area contributed by atoms with E-state index in [0.29, 0.717) is 24.9 Å². The molecule has 2 unspecified atom stereocenters. The van der Waals surface area contributed by atoms with E-state index in [-0.39, 0.29) is 23.5 Å². The number of nitrogens with one attached hydrogen (secondary N) is 1. The lowest BCUT2D eigenvalue weighted by Crippen LogP contribution is -2.44. The van der Waals surface area contributed by atoms with Crippen molar-refractivity contribution in [3.8, 4) is 5.75 Å². The minimum Gasteiger partial charge on any atom is -0.508 e. The Morgan fingerprint density at radius 1 is 1.19 bits per heavy atom. The van der Waals surface area contributed by atoms with Crippen molar-refractivity contribution in [2.45, 2.75) is 24.9 Å². The smallest absolute Gasteiger partial charge is 0.328 e. The van der Waals surface area contributed by atoms with Gasteiger partial charge >= 0.3 is 6.03 Å². The molecule has 7 nitrogen and oxygen atoms in total. The van der Waals surface area contributed by atoms with E-state index < -0.39 is 12.1 Å². The van der Waals surface area contributed by atoms with E-state index in [0.717, 1.165) is 28.7 Å². The number of hydrogen-bond acceptors (Lipinski definition) is 4. The Morgan fingerprint density at radius 3 is 2.75 bits per heavy atom. The van der Waals surface area contributed by atoms with Gasteiger partial charge < -0.3 is 15.0 Å². The van der Waals surface area contributed by atoms with Gasteiger partial charge in [0, 0.05) is 29.6 Å². The molecule has 1 saturated heterocycles. The van der Waals surface area contributed by atoms with Crippen molar-refractivity contribution in [2.75, 3.05) is 27.2 Å². The highest BCUT2D eigenvalue weighted by atomic mass is 19.1. The lowest BCUT2D eigenvalue weighted by Gasteiger charge is -2.36. The first-order valence-corrected chi connectivity index (χ1v) is 10.7. The Bertz CT molecular complexity index is 1220. The van der Waals surface area contributed by atoms with Crippen LogP contribution in [-0.4, -0.2) is 70.0 Å². The number of imide groups is 1. The largest absolute Gasteiger partial charge is 0.508 e. The molecule has 2 aliphatic rings. The molecule has 0 aliphatic carbocycles. The summed E-state index contributed by atoms with van der Waals surface area (Å²) in [5.74, 6) is -0.501. The number of phenolic OH excluding ortho intramolecular Hbond substituents is 1. The Kier molecular flexibility index (Phi) is 4.89. The van der Waals surface area contributed by atoms with Crippen LogP contribution in [0.2, 0.25) is 0 Å². The highest BCUT2D eigenvalue weighted by molar-refractivity contribution is 6.05. The molecule has 0 radical (unpaired) electrons. The van der Waals surface area contributed by atoms with Gasteiger partial charge in [0.2, 0.25) is 0 Å². The van der Waals surface area contributed by atoms with Crippen LogP contribution in [0.3, 0.4) is 0 Å². The van der Waals surface area contributed by atoms with Crippen molar-refractivity contribution in [3.63, 3.8) is 0 Å². The van der Waals surface area contributed by atoms with Gasteiger partial charge in [0.15, 0.2) is 0 Å². The normalized spacial score (nSPS) is 20.4. The second-order valence-corrected chi connectivity index (χ2v) is 8.76. The van der Waals surface area contributed by atoms with Crippen molar-refractivity contribution in [1.29, 1.82) is 0 Å².